The minimum Gasteiger partial charge on any atom is -0.256 e. The minimum atomic E-state index is 0.874. The normalized spacial score (nSPS) is 11.3. The second kappa shape index (κ2) is 7.99. The van der Waals surface area contributed by atoms with Gasteiger partial charge in [-0.05, 0) is 66.4 Å². The van der Waals surface area contributed by atoms with Crippen LogP contribution in [0.2, 0.25) is 0 Å². The van der Waals surface area contributed by atoms with Gasteiger partial charge in [-0.15, -0.1) is 0 Å². The summed E-state index contributed by atoms with van der Waals surface area (Å²) in [7, 11) is 0. The van der Waals surface area contributed by atoms with Gasteiger partial charge >= 0.3 is 0 Å². The highest BCUT2D eigenvalue weighted by Crippen LogP contribution is 2.38. The van der Waals surface area contributed by atoms with Crippen molar-refractivity contribution in [3.05, 3.63) is 120 Å². The van der Waals surface area contributed by atoms with Crippen molar-refractivity contribution in [2.24, 2.45) is 0 Å². The monoisotopic (exact) mass is 426 g/mol. The molecule has 6 rings (SSSR count). The molecule has 4 nitrogen and oxygen atoms in total. The molecule has 0 bridgehead atoms. The van der Waals surface area contributed by atoms with Gasteiger partial charge in [0, 0.05) is 29.0 Å². The molecule has 2 aromatic carbocycles. The number of fused-ring (bicyclic) bond motifs is 2. The Labute approximate surface area is 192 Å². The van der Waals surface area contributed by atoms with Gasteiger partial charge in [0.1, 0.15) is 5.69 Å². The molecule has 0 saturated carbocycles. The molecule has 0 atom stereocenters. The van der Waals surface area contributed by atoms with E-state index in [4.69, 9.17) is 15.1 Å². The van der Waals surface area contributed by atoms with Gasteiger partial charge in [-0.1, -0.05) is 54.6 Å². The van der Waals surface area contributed by atoms with Crippen molar-refractivity contribution < 1.29 is 0 Å². The number of aryl methyl sites for hydroxylation is 1. The summed E-state index contributed by atoms with van der Waals surface area (Å²) in [5, 5.41) is 6.03. The van der Waals surface area contributed by atoms with Crippen LogP contribution in [0.1, 0.15) is 16.8 Å². The maximum Gasteiger partial charge on any atom is 0.120 e. The van der Waals surface area contributed by atoms with Crippen LogP contribution in [0.25, 0.3) is 38.9 Å². The van der Waals surface area contributed by atoms with Crippen LogP contribution in [0, 0.1) is 6.92 Å². The van der Waals surface area contributed by atoms with E-state index in [1.54, 1.807) is 0 Å². The Morgan fingerprint density at radius 3 is 2.55 bits per heavy atom. The Kier molecular flexibility index (Phi) is 4.69. The number of nitrogens with zero attached hydrogens (tertiary/aromatic N) is 4. The van der Waals surface area contributed by atoms with Crippen LogP contribution < -0.4 is 0 Å². The quantitative estimate of drug-likeness (QED) is 0.323. The Bertz CT molecular complexity index is 1600. The third kappa shape index (κ3) is 3.56. The van der Waals surface area contributed by atoms with E-state index in [2.05, 4.69) is 66.7 Å². The molecule has 0 amide bonds. The van der Waals surface area contributed by atoms with E-state index in [0.29, 0.717) is 0 Å². The summed E-state index contributed by atoms with van der Waals surface area (Å²) in [6.45, 7) is 2.01. The van der Waals surface area contributed by atoms with Crippen molar-refractivity contribution in [1.29, 1.82) is 0 Å². The molecule has 6 aromatic rings. The first kappa shape index (κ1) is 19.4. The molecule has 158 valence electrons. The van der Waals surface area contributed by atoms with Gasteiger partial charge in [0.15, 0.2) is 0 Å². The van der Waals surface area contributed by atoms with Gasteiger partial charge in [0.2, 0.25) is 0 Å². The zero-order chi connectivity index (χ0) is 22.2. The third-order valence-electron chi connectivity index (χ3n) is 6.00. The Morgan fingerprint density at radius 1 is 0.788 bits per heavy atom. The van der Waals surface area contributed by atoms with E-state index >= 15 is 0 Å². The lowest BCUT2D eigenvalue weighted by molar-refractivity contribution is 0.961. The second-order valence-electron chi connectivity index (χ2n) is 8.29. The van der Waals surface area contributed by atoms with Gasteiger partial charge in [0.05, 0.1) is 16.7 Å². The molecule has 0 aliphatic heterocycles. The van der Waals surface area contributed by atoms with Gasteiger partial charge in [0.25, 0.3) is 0 Å². The summed E-state index contributed by atoms with van der Waals surface area (Å²) < 4.78 is 1.94. The van der Waals surface area contributed by atoms with E-state index < -0.39 is 0 Å². The van der Waals surface area contributed by atoms with Gasteiger partial charge in [-0.3, -0.25) is 9.97 Å². The molecule has 0 aliphatic carbocycles. The molecule has 0 N–H and O–H groups in total. The fourth-order valence-corrected chi connectivity index (χ4v) is 4.47. The molecule has 4 heterocycles. The minimum absolute atomic E-state index is 0.874. The zero-order valence-corrected chi connectivity index (χ0v) is 18.3. The van der Waals surface area contributed by atoms with E-state index in [9.17, 15) is 0 Å². The summed E-state index contributed by atoms with van der Waals surface area (Å²) in [5.41, 5.74) is 9.51. The molecule has 0 saturated heterocycles. The first-order chi connectivity index (χ1) is 16.3. The van der Waals surface area contributed by atoms with E-state index in [1.807, 2.05) is 48.1 Å². The average Bonchev–Trinajstić information content (AvgIpc) is 3.24. The van der Waals surface area contributed by atoms with Crippen molar-refractivity contribution in [2.75, 3.05) is 0 Å². The van der Waals surface area contributed by atoms with Gasteiger partial charge in [-0.25, -0.2) is 4.52 Å². The molecule has 4 aromatic heterocycles. The molecule has 0 unspecified atom stereocenters. The van der Waals surface area contributed by atoms with Crippen LogP contribution in [0.3, 0.4) is 0 Å². The lowest BCUT2D eigenvalue weighted by atomic mass is 9.96. The van der Waals surface area contributed by atoms with Crippen LogP contribution in [-0.4, -0.2) is 19.6 Å². The lowest BCUT2D eigenvalue weighted by Crippen LogP contribution is -1.92. The molecule has 0 spiro atoms. The van der Waals surface area contributed by atoms with Crippen molar-refractivity contribution in [3.8, 4) is 22.5 Å². The Balaban J connectivity index is 1.55. The smallest absolute Gasteiger partial charge is 0.120 e. The summed E-state index contributed by atoms with van der Waals surface area (Å²) in [5.74, 6) is 0. The van der Waals surface area contributed by atoms with E-state index in [0.717, 1.165) is 51.0 Å². The molecule has 4 heteroatoms. The standard InChI is InChI=1S/C29H22N4/c1-20-8-7-11-25(31-20)29-28(27-12-5-6-17-33(27)32-29)24-15-16-30-26-19-22(13-14-23(24)26)18-21-9-3-2-4-10-21/h2-17,19H,18H2,1H3. The summed E-state index contributed by atoms with van der Waals surface area (Å²) >= 11 is 0. The van der Waals surface area contributed by atoms with Crippen molar-refractivity contribution >= 4 is 16.4 Å². The fraction of sp³-hybridized carbons (Fsp3) is 0.0690. The molecule has 33 heavy (non-hydrogen) atoms. The highest BCUT2D eigenvalue weighted by atomic mass is 15.2. The predicted molar refractivity (Wildman–Crippen MR) is 133 cm³/mol. The summed E-state index contributed by atoms with van der Waals surface area (Å²) in [6.07, 6.45) is 4.77. The van der Waals surface area contributed by atoms with Crippen LogP contribution in [0.15, 0.2) is 103 Å². The largest absolute Gasteiger partial charge is 0.256 e. The topological polar surface area (TPSA) is 43.1 Å². The molecular weight excluding hydrogens is 404 g/mol. The summed E-state index contributed by atoms with van der Waals surface area (Å²) in [6, 6.07) is 31.4. The SMILES string of the molecule is Cc1cccc(-c2nn3ccccc3c2-c2ccnc3cc(Cc4ccccc4)ccc23)n1. The number of aromatic nitrogens is 4. The van der Waals surface area contributed by atoms with E-state index in [1.165, 1.54) is 11.1 Å². The highest BCUT2D eigenvalue weighted by Gasteiger charge is 2.19. The maximum absolute atomic E-state index is 4.91. The second-order valence-corrected chi connectivity index (χ2v) is 8.29. The zero-order valence-electron chi connectivity index (χ0n) is 18.3. The Morgan fingerprint density at radius 2 is 1.67 bits per heavy atom. The van der Waals surface area contributed by atoms with Crippen LogP contribution in [0.4, 0.5) is 0 Å². The summed E-state index contributed by atoms with van der Waals surface area (Å²) in [4.78, 5) is 9.48. The number of hydrogen-bond acceptors (Lipinski definition) is 3. The highest BCUT2D eigenvalue weighted by molar-refractivity contribution is 6.03. The maximum atomic E-state index is 4.91. The first-order valence-electron chi connectivity index (χ1n) is 11.1. The van der Waals surface area contributed by atoms with Crippen molar-refractivity contribution in [1.82, 2.24) is 19.6 Å². The molecule has 0 fully saturated rings. The number of benzene rings is 2. The van der Waals surface area contributed by atoms with Crippen LogP contribution in [0.5, 0.6) is 0 Å². The first-order valence-corrected chi connectivity index (χ1v) is 11.1. The third-order valence-corrected chi connectivity index (χ3v) is 6.00. The van der Waals surface area contributed by atoms with E-state index in [-0.39, 0.29) is 0 Å². The fourth-order valence-electron chi connectivity index (χ4n) is 4.47. The van der Waals surface area contributed by atoms with Crippen LogP contribution >= 0.6 is 0 Å². The average molecular weight is 427 g/mol. The predicted octanol–water partition coefficient (Wildman–Crippen LogP) is 6.51. The van der Waals surface area contributed by atoms with Crippen molar-refractivity contribution in [3.63, 3.8) is 0 Å². The van der Waals surface area contributed by atoms with Gasteiger partial charge < -0.3 is 0 Å². The number of pyridine rings is 3. The lowest BCUT2D eigenvalue weighted by Gasteiger charge is -2.10. The van der Waals surface area contributed by atoms with Crippen molar-refractivity contribution in [2.45, 2.75) is 13.3 Å². The number of hydrogen-bond donors (Lipinski definition) is 0. The molecule has 0 radical (unpaired) electrons. The molecular formula is C29H22N4. The number of rotatable bonds is 4. The molecule has 0 aliphatic rings. The van der Waals surface area contributed by atoms with Crippen LogP contribution in [-0.2, 0) is 6.42 Å². The Hall–Kier alpha value is -4.31. The van der Waals surface area contributed by atoms with Gasteiger partial charge in [-0.2, -0.15) is 5.10 Å².